The predicted molar refractivity (Wildman–Crippen MR) is 146 cm³/mol. The molecular weight excluding hydrogens is 1130 g/mol. The van der Waals surface area contributed by atoms with Crippen molar-refractivity contribution in [2.75, 3.05) is 0 Å². The largest absolute Gasteiger partial charge is 4.00 e. The van der Waals surface area contributed by atoms with Crippen molar-refractivity contribution in [2.24, 2.45) is 0 Å². The summed E-state index contributed by atoms with van der Waals surface area (Å²) in [5.74, 6) is -29.9. The zero-order valence-corrected chi connectivity index (χ0v) is 46.7. The molecule has 0 rings (SSSR count). The zero-order chi connectivity index (χ0) is 53.2. The molecule has 0 atom stereocenters. The summed E-state index contributed by atoms with van der Waals surface area (Å²) in [5.41, 5.74) is -14.9. The molecule has 0 aliphatic heterocycles. The molecule has 0 aliphatic rings. The number of carbonyl (C=O) groups is 15. The van der Waals surface area contributed by atoms with E-state index in [2.05, 4.69) is 0 Å². The minimum absolute atomic E-state index is 0. The van der Waals surface area contributed by atoms with Crippen LogP contribution in [0.25, 0.3) is 0 Å². The average Bonchev–Trinajstić information content (AvgIpc) is 3.01. The van der Waals surface area contributed by atoms with E-state index in [0.717, 1.165) is 0 Å². The molecule has 0 aromatic rings. The first kappa shape index (κ1) is 93.9. The number of aliphatic carboxylic acids is 15. The Hall–Kier alpha value is -3.01. The van der Waals surface area contributed by atoms with Crippen LogP contribution in [0.4, 0.5) is 0 Å². The van der Waals surface area contributed by atoms with Crippen LogP contribution < -0.4 is 165 Å². The summed E-state index contributed by atoms with van der Waals surface area (Å²) in [7, 11) is 0. The van der Waals surface area contributed by atoms with Gasteiger partial charge in [0.1, 0.15) is 28.0 Å². The van der Waals surface area contributed by atoms with E-state index in [-0.39, 0.29) is 154 Å². The molecule has 0 saturated carbocycles. The second kappa shape index (κ2) is 43.4. The Labute approximate surface area is 504 Å². The van der Waals surface area contributed by atoms with Gasteiger partial charge in [-0.1, -0.05) is 0 Å². The molecule has 41 heteroatoms. The summed E-state index contributed by atoms with van der Waals surface area (Å²) in [6.45, 7) is 0. The standard InChI is InChI=1S/5C6H8O7.3Na.3Ti/c5*7-3(8)1-6(13,5(11)12)2-4(9)10;;;;;;/h5*13H,1-2H2,(H,7,8)(H,9,10)(H,11,12);;;;;;/q;;;;;3*+1;3*+4/p-15. The molecule has 35 nitrogen and oxygen atoms in total. The maximum absolute atomic E-state index is 10.1. The third kappa shape index (κ3) is 47.7. The van der Waals surface area contributed by atoms with Gasteiger partial charge in [-0.25, -0.2) is 0 Å². The molecule has 0 aromatic carbocycles. The van der Waals surface area contributed by atoms with E-state index in [0.29, 0.717) is 0 Å². The van der Waals surface area contributed by atoms with Gasteiger partial charge in [0.2, 0.25) is 0 Å². The molecule has 0 bridgehead atoms. The quantitative estimate of drug-likeness (QED) is 0.0530. The van der Waals surface area contributed by atoms with Gasteiger partial charge in [0.15, 0.2) is 0 Å². The second-order valence-corrected chi connectivity index (χ2v) is 12.1. The average molecular weight is 1160 g/mol. The Bertz CT molecular complexity index is 1470. The molecule has 0 heterocycles. The summed E-state index contributed by atoms with van der Waals surface area (Å²) in [4.78, 5) is 150. The SMILES string of the molecule is O=C([O-])CC(O)(CC(=O)[O-])C(=O)[O-].O=C([O-])CC(O)(CC(=O)[O-])C(=O)[O-].O=C([O-])CC(O)(CC(=O)[O-])C(=O)[O-].O=C([O-])CC(O)(CC(=O)[O-])C(=O)[O-].O=C([O-])CC(O)(CC(=O)[O-])C(=O)[O-].[Na+].[Na+].[Na+].[Ti+4].[Ti+4].[Ti+4]. The van der Waals surface area contributed by atoms with Crippen LogP contribution >= 0.6 is 0 Å². The topological polar surface area (TPSA) is 703 Å². The van der Waals surface area contributed by atoms with Crippen molar-refractivity contribution in [3.8, 4) is 0 Å². The first-order valence-corrected chi connectivity index (χ1v) is 15.6. The van der Waals surface area contributed by atoms with Crippen molar-refractivity contribution >= 4 is 89.5 Å². The van der Waals surface area contributed by atoms with Crippen LogP contribution in [0.1, 0.15) is 64.2 Å². The van der Waals surface area contributed by atoms with E-state index in [1.807, 2.05) is 0 Å². The van der Waals surface area contributed by atoms with Gasteiger partial charge in [-0.15, -0.1) is 0 Å². The molecule has 0 aromatic heterocycles. The van der Waals surface area contributed by atoms with Crippen LogP contribution in [-0.4, -0.2) is 143 Å². The molecule has 370 valence electrons. The number of rotatable bonds is 25. The fourth-order valence-electron chi connectivity index (χ4n) is 3.42. The van der Waals surface area contributed by atoms with Gasteiger partial charge in [0, 0.05) is 124 Å². The van der Waals surface area contributed by atoms with Gasteiger partial charge in [-0.05, 0) is 0 Å². The molecule has 0 aliphatic carbocycles. The Morgan fingerprint density at radius 1 is 0.211 bits per heavy atom. The fourth-order valence-corrected chi connectivity index (χ4v) is 3.42. The van der Waals surface area contributed by atoms with E-state index >= 15 is 0 Å². The van der Waals surface area contributed by atoms with Crippen LogP contribution in [-0.2, 0) is 137 Å². The van der Waals surface area contributed by atoms with Gasteiger partial charge in [-0.2, -0.15) is 0 Å². The first-order chi connectivity index (χ1) is 28.9. The Morgan fingerprint density at radius 3 is 0.296 bits per heavy atom. The van der Waals surface area contributed by atoms with E-state index in [1.165, 1.54) is 0 Å². The third-order valence-corrected chi connectivity index (χ3v) is 6.27. The summed E-state index contributed by atoms with van der Waals surface area (Å²) in [6, 6.07) is 0. The molecule has 0 saturated heterocycles. The normalized spacial score (nSPS) is 9.93. The maximum Gasteiger partial charge on any atom is 4.00 e. The van der Waals surface area contributed by atoms with Crippen molar-refractivity contribution < 1.29 is 328 Å². The van der Waals surface area contributed by atoms with Gasteiger partial charge in [-0.3, -0.25) is 0 Å². The van der Waals surface area contributed by atoms with Crippen LogP contribution in [0.15, 0.2) is 0 Å². The Balaban J connectivity index is -0.0000000690. The Morgan fingerprint density at radius 2 is 0.268 bits per heavy atom. The van der Waals surface area contributed by atoms with E-state index in [1.54, 1.807) is 0 Å². The molecular formula is C30H25Na3O35Ti3. The van der Waals surface area contributed by atoms with Gasteiger partial charge in [0.05, 0.1) is 29.8 Å². The molecule has 5 N–H and O–H groups in total. The van der Waals surface area contributed by atoms with Gasteiger partial charge >= 0.3 is 154 Å². The monoisotopic (exact) mass is 1160 g/mol. The van der Waals surface area contributed by atoms with Crippen molar-refractivity contribution in [2.45, 2.75) is 92.2 Å². The zero-order valence-electron chi connectivity index (χ0n) is 36.1. The number of hydrogen-bond donors (Lipinski definition) is 5. The van der Waals surface area contributed by atoms with E-state index in [4.69, 9.17) is 25.5 Å². The van der Waals surface area contributed by atoms with Gasteiger partial charge < -0.3 is 174 Å². The molecule has 0 unspecified atom stereocenters. The van der Waals surface area contributed by atoms with Crippen molar-refractivity contribution in [3.63, 3.8) is 0 Å². The molecule has 0 spiro atoms. The second-order valence-electron chi connectivity index (χ2n) is 12.1. The summed E-state index contributed by atoms with van der Waals surface area (Å²) >= 11 is 0. The third-order valence-electron chi connectivity index (χ3n) is 6.27. The number of aliphatic hydroxyl groups is 5. The number of carboxylic acid groups (broad SMARTS) is 15. The predicted octanol–water partition coefficient (Wildman–Crippen LogP) is -35.3. The smallest absolute Gasteiger partial charge is 0.550 e. The van der Waals surface area contributed by atoms with Gasteiger partial charge in [0.25, 0.3) is 0 Å². The molecule has 0 amide bonds. The first-order valence-electron chi connectivity index (χ1n) is 15.6. The van der Waals surface area contributed by atoms with E-state index < -0.39 is 182 Å². The van der Waals surface area contributed by atoms with Crippen molar-refractivity contribution in [3.05, 3.63) is 0 Å². The summed E-state index contributed by atoms with van der Waals surface area (Å²) in [6.07, 6.45) is -13.6. The number of carboxylic acids is 15. The maximum atomic E-state index is 10.1. The number of hydrogen-bond acceptors (Lipinski definition) is 35. The molecule has 71 heavy (non-hydrogen) atoms. The van der Waals surface area contributed by atoms with Crippen molar-refractivity contribution in [1.82, 2.24) is 0 Å². The number of carbonyl (C=O) groups excluding carboxylic acids is 15. The van der Waals surface area contributed by atoms with Crippen LogP contribution in [0.5, 0.6) is 0 Å². The van der Waals surface area contributed by atoms with Crippen LogP contribution in [0.3, 0.4) is 0 Å². The minimum Gasteiger partial charge on any atom is -0.550 e. The fraction of sp³-hybridized carbons (Fsp3) is 0.500. The summed E-state index contributed by atoms with van der Waals surface area (Å²) < 4.78 is 0. The molecule has 0 radical (unpaired) electrons. The Kier molecular flexibility index (Phi) is 57.4. The summed E-state index contributed by atoms with van der Waals surface area (Å²) in [5, 5.41) is 195. The van der Waals surface area contributed by atoms with E-state index in [9.17, 15) is 149 Å². The minimum atomic E-state index is -2.97. The van der Waals surface area contributed by atoms with Crippen LogP contribution in [0.2, 0.25) is 0 Å². The van der Waals surface area contributed by atoms with Crippen LogP contribution in [0, 0.1) is 0 Å². The molecule has 0 fully saturated rings. The van der Waals surface area contributed by atoms with Crippen molar-refractivity contribution in [1.29, 1.82) is 0 Å².